The topological polar surface area (TPSA) is 49.2 Å². The molecule has 0 bridgehead atoms. The summed E-state index contributed by atoms with van der Waals surface area (Å²) in [5.74, 6) is 1.14. The van der Waals surface area contributed by atoms with Crippen LogP contribution in [0.4, 0.5) is 13.2 Å². The lowest BCUT2D eigenvalue weighted by Crippen LogP contribution is -2.07. The molecule has 0 saturated heterocycles. The van der Waals surface area contributed by atoms with Gasteiger partial charge in [-0.15, -0.1) is 0 Å². The Morgan fingerprint density at radius 3 is 2.20 bits per heavy atom. The number of hydrogen-bond acceptors (Lipinski definition) is 4. The maximum Gasteiger partial charge on any atom is 0.417 e. The zero-order chi connectivity index (χ0) is 21.5. The van der Waals surface area contributed by atoms with Gasteiger partial charge < -0.3 is 9.47 Å². The Morgan fingerprint density at radius 2 is 1.57 bits per heavy atom. The molecule has 0 aliphatic heterocycles. The van der Waals surface area contributed by atoms with Crippen LogP contribution in [-0.4, -0.2) is 29.0 Å². The van der Waals surface area contributed by atoms with Crippen LogP contribution < -0.4 is 9.47 Å². The van der Waals surface area contributed by atoms with Gasteiger partial charge in [-0.1, -0.05) is 12.1 Å². The maximum absolute atomic E-state index is 14.1. The first-order valence-corrected chi connectivity index (χ1v) is 9.05. The van der Waals surface area contributed by atoms with Crippen molar-refractivity contribution in [2.24, 2.45) is 7.05 Å². The van der Waals surface area contributed by atoms with Crippen LogP contribution in [0.15, 0.2) is 54.6 Å². The Bertz CT molecular complexity index is 1220. The summed E-state index contributed by atoms with van der Waals surface area (Å²) in [6.07, 6.45) is -4.58. The smallest absolute Gasteiger partial charge is 0.417 e. The van der Waals surface area contributed by atoms with Gasteiger partial charge >= 0.3 is 6.18 Å². The van der Waals surface area contributed by atoms with E-state index < -0.39 is 11.7 Å². The molecule has 0 saturated carbocycles. The van der Waals surface area contributed by atoms with Gasteiger partial charge in [0.25, 0.3) is 0 Å². The van der Waals surface area contributed by atoms with E-state index in [4.69, 9.17) is 9.47 Å². The molecule has 0 aliphatic rings. The average Bonchev–Trinajstić information content (AvgIpc) is 3.09. The van der Waals surface area contributed by atoms with Crippen molar-refractivity contribution in [2.45, 2.75) is 6.18 Å². The number of benzene rings is 2. The van der Waals surface area contributed by atoms with Crippen LogP contribution in [0.5, 0.6) is 11.5 Å². The third kappa shape index (κ3) is 3.45. The molecule has 8 heteroatoms. The lowest BCUT2D eigenvalue weighted by atomic mass is 10.0. The minimum Gasteiger partial charge on any atom is -0.497 e. The Hall–Kier alpha value is -3.55. The van der Waals surface area contributed by atoms with Crippen molar-refractivity contribution in [1.29, 1.82) is 0 Å². The molecule has 0 unspecified atom stereocenters. The van der Waals surface area contributed by atoms with Crippen molar-refractivity contribution in [3.05, 3.63) is 60.2 Å². The van der Waals surface area contributed by atoms with E-state index in [1.165, 1.54) is 18.9 Å². The summed E-state index contributed by atoms with van der Waals surface area (Å²) in [5.41, 5.74) is 0.833. The van der Waals surface area contributed by atoms with Crippen molar-refractivity contribution in [2.75, 3.05) is 14.2 Å². The monoisotopic (exact) mass is 413 g/mol. The SMILES string of the molecule is COc1ccc(-c2cc(C(F)(F)F)c3c(-c4cccc(OC)c4)nn(C)c3n2)cc1. The Labute approximate surface area is 170 Å². The molecule has 2 aromatic heterocycles. The highest BCUT2D eigenvalue weighted by atomic mass is 19.4. The van der Waals surface area contributed by atoms with Gasteiger partial charge in [-0.2, -0.15) is 18.3 Å². The number of alkyl halides is 3. The maximum atomic E-state index is 14.1. The number of pyridine rings is 1. The van der Waals surface area contributed by atoms with Gasteiger partial charge in [0, 0.05) is 18.2 Å². The number of halogens is 3. The number of ether oxygens (including phenoxy) is 2. The average molecular weight is 413 g/mol. The highest BCUT2D eigenvalue weighted by Gasteiger charge is 2.36. The number of methoxy groups -OCH3 is 2. The van der Waals surface area contributed by atoms with Crippen LogP contribution in [0, 0.1) is 0 Å². The van der Waals surface area contributed by atoms with Crippen molar-refractivity contribution in [3.8, 4) is 34.0 Å². The third-order valence-electron chi connectivity index (χ3n) is 4.83. The van der Waals surface area contributed by atoms with Crippen molar-refractivity contribution in [3.63, 3.8) is 0 Å². The van der Waals surface area contributed by atoms with Gasteiger partial charge in [0.1, 0.15) is 17.2 Å². The van der Waals surface area contributed by atoms with Crippen LogP contribution in [0.25, 0.3) is 33.5 Å². The molecule has 30 heavy (non-hydrogen) atoms. The normalized spacial score (nSPS) is 11.7. The highest BCUT2D eigenvalue weighted by molar-refractivity contribution is 5.96. The first-order valence-electron chi connectivity index (χ1n) is 9.05. The summed E-state index contributed by atoms with van der Waals surface area (Å²) in [5, 5.41) is 4.30. The quantitative estimate of drug-likeness (QED) is 0.453. The fourth-order valence-corrected chi connectivity index (χ4v) is 3.35. The number of nitrogens with zero attached hydrogens (tertiary/aromatic N) is 3. The fourth-order valence-electron chi connectivity index (χ4n) is 3.35. The van der Waals surface area contributed by atoms with Gasteiger partial charge in [-0.05, 0) is 42.5 Å². The molecular formula is C22H18F3N3O2. The first-order chi connectivity index (χ1) is 14.3. The predicted octanol–water partition coefficient (Wildman–Crippen LogP) is 5.34. The lowest BCUT2D eigenvalue weighted by Gasteiger charge is -2.12. The zero-order valence-corrected chi connectivity index (χ0v) is 16.5. The molecule has 4 rings (SSSR count). The molecule has 2 heterocycles. The molecule has 0 atom stereocenters. The molecule has 0 fully saturated rings. The summed E-state index contributed by atoms with van der Waals surface area (Å²) in [6, 6.07) is 14.6. The molecular weight excluding hydrogens is 395 g/mol. The second-order valence-corrected chi connectivity index (χ2v) is 6.68. The van der Waals surface area contributed by atoms with Gasteiger partial charge in [-0.3, -0.25) is 0 Å². The number of fused-ring (bicyclic) bond motifs is 1. The molecule has 2 aromatic carbocycles. The van der Waals surface area contributed by atoms with Gasteiger partial charge in [0.2, 0.25) is 0 Å². The largest absolute Gasteiger partial charge is 0.497 e. The minimum atomic E-state index is -4.58. The van der Waals surface area contributed by atoms with Crippen LogP contribution in [0.1, 0.15) is 5.56 Å². The van der Waals surface area contributed by atoms with E-state index in [2.05, 4.69) is 10.1 Å². The van der Waals surface area contributed by atoms with E-state index in [0.717, 1.165) is 6.07 Å². The van der Waals surface area contributed by atoms with Gasteiger partial charge in [-0.25, -0.2) is 9.67 Å². The van der Waals surface area contributed by atoms with Crippen LogP contribution >= 0.6 is 0 Å². The van der Waals surface area contributed by atoms with E-state index in [9.17, 15) is 13.2 Å². The van der Waals surface area contributed by atoms with E-state index >= 15 is 0 Å². The first kappa shape index (κ1) is 19.8. The van der Waals surface area contributed by atoms with Crippen molar-refractivity contribution in [1.82, 2.24) is 14.8 Å². The number of rotatable bonds is 4. The summed E-state index contributed by atoms with van der Waals surface area (Å²) in [6.45, 7) is 0. The van der Waals surface area contributed by atoms with Crippen LogP contribution in [0.2, 0.25) is 0 Å². The highest BCUT2D eigenvalue weighted by Crippen LogP contribution is 2.41. The third-order valence-corrected chi connectivity index (χ3v) is 4.83. The van der Waals surface area contributed by atoms with Crippen molar-refractivity contribution >= 4 is 11.0 Å². The number of aromatic nitrogens is 3. The summed E-state index contributed by atoms with van der Waals surface area (Å²) >= 11 is 0. The second-order valence-electron chi connectivity index (χ2n) is 6.68. The van der Waals surface area contributed by atoms with E-state index in [1.807, 2.05) is 0 Å². The Balaban J connectivity index is 1.99. The fraction of sp³-hybridized carbons (Fsp3) is 0.182. The van der Waals surface area contributed by atoms with Gasteiger partial charge in [0.15, 0.2) is 5.65 Å². The van der Waals surface area contributed by atoms with E-state index in [-0.39, 0.29) is 22.4 Å². The van der Waals surface area contributed by atoms with E-state index in [1.54, 1.807) is 55.6 Å². The molecule has 4 aromatic rings. The summed E-state index contributed by atoms with van der Waals surface area (Å²) in [7, 11) is 4.60. The molecule has 0 N–H and O–H groups in total. The molecule has 0 amide bonds. The second kappa shape index (κ2) is 7.37. The lowest BCUT2D eigenvalue weighted by molar-refractivity contribution is -0.136. The molecule has 5 nitrogen and oxygen atoms in total. The van der Waals surface area contributed by atoms with Crippen molar-refractivity contribution < 1.29 is 22.6 Å². The Kier molecular flexibility index (Phi) is 4.85. The number of hydrogen-bond donors (Lipinski definition) is 0. The standard InChI is InChI=1S/C22H18F3N3O2/c1-28-21-19(20(27-28)14-5-4-6-16(11-14)30-3)17(22(23,24)25)12-18(26-21)13-7-9-15(29-2)10-8-13/h4-12H,1-3H3. The summed E-state index contributed by atoms with van der Waals surface area (Å²) < 4.78 is 53.9. The minimum absolute atomic E-state index is 0.0458. The summed E-state index contributed by atoms with van der Waals surface area (Å²) in [4.78, 5) is 4.49. The van der Waals surface area contributed by atoms with Crippen LogP contribution in [-0.2, 0) is 13.2 Å². The predicted molar refractivity (Wildman–Crippen MR) is 107 cm³/mol. The van der Waals surface area contributed by atoms with Gasteiger partial charge in [0.05, 0.1) is 30.9 Å². The zero-order valence-electron chi connectivity index (χ0n) is 16.5. The van der Waals surface area contributed by atoms with Crippen LogP contribution in [0.3, 0.4) is 0 Å². The Morgan fingerprint density at radius 1 is 0.867 bits per heavy atom. The number of aryl methyl sites for hydroxylation is 1. The molecule has 154 valence electrons. The molecule has 0 spiro atoms. The molecule has 0 radical (unpaired) electrons. The molecule has 0 aliphatic carbocycles. The van der Waals surface area contributed by atoms with E-state index in [0.29, 0.717) is 22.6 Å².